The third-order valence-corrected chi connectivity index (χ3v) is 7.59. The molecular weight excluding hydrogens is 502 g/mol. The summed E-state index contributed by atoms with van der Waals surface area (Å²) in [4.78, 5) is 8.46. The number of benzene rings is 1. The van der Waals surface area contributed by atoms with E-state index in [0.29, 0.717) is 28.8 Å². The van der Waals surface area contributed by atoms with Gasteiger partial charge in [-0.25, -0.2) is 18.4 Å². The molecule has 2 N–H and O–H groups in total. The van der Waals surface area contributed by atoms with E-state index in [1.165, 1.54) is 25.4 Å². The molecule has 0 radical (unpaired) electrons. The second-order valence-corrected chi connectivity index (χ2v) is 10.3. The Morgan fingerprint density at radius 2 is 1.76 bits per heavy atom. The van der Waals surface area contributed by atoms with Crippen LogP contribution in [0.5, 0.6) is 11.5 Å². The van der Waals surface area contributed by atoms with Crippen molar-refractivity contribution in [1.29, 1.82) is 0 Å². The monoisotopic (exact) mass is 531 g/mol. The van der Waals surface area contributed by atoms with Crippen molar-refractivity contribution in [2.45, 2.75) is 31.5 Å². The first-order valence-corrected chi connectivity index (χ1v) is 12.8. The van der Waals surface area contributed by atoms with Gasteiger partial charge in [-0.15, -0.1) is 10.2 Å². The van der Waals surface area contributed by atoms with Crippen LogP contribution < -0.4 is 19.5 Å². The number of nitrogens with zero attached hydrogens (tertiary/aromatic N) is 7. The van der Waals surface area contributed by atoms with Crippen LogP contribution in [-0.2, 0) is 14.8 Å². The number of para-hydroxylation sites is 1. The molecule has 0 bridgehead atoms. The molecule has 0 aliphatic carbocycles. The lowest BCUT2D eigenvalue weighted by atomic mass is 10.2. The molecule has 0 amide bonds. The van der Waals surface area contributed by atoms with Crippen LogP contribution in [-0.4, -0.2) is 83.9 Å². The molecule has 2 aromatic heterocycles. The lowest BCUT2D eigenvalue weighted by Gasteiger charge is -2.26. The molecule has 1 unspecified atom stereocenters. The second kappa shape index (κ2) is 10.7. The van der Waals surface area contributed by atoms with Crippen LogP contribution in [0.2, 0.25) is 0 Å². The molecule has 1 aliphatic heterocycles. The van der Waals surface area contributed by atoms with Gasteiger partial charge in [-0.2, -0.15) is 9.82 Å². The second-order valence-electron chi connectivity index (χ2n) is 8.25. The van der Waals surface area contributed by atoms with Crippen LogP contribution in [0.25, 0.3) is 5.69 Å². The molecule has 4 rings (SSSR count). The van der Waals surface area contributed by atoms with E-state index in [-0.39, 0.29) is 5.82 Å². The first-order valence-electron chi connectivity index (χ1n) is 11.2. The van der Waals surface area contributed by atoms with Crippen molar-refractivity contribution in [2.75, 3.05) is 28.4 Å². The summed E-state index contributed by atoms with van der Waals surface area (Å²) in [5.74, 6) is 1.95. The van der Waals surface area contributed by atoms with E-state index in [2.05, 4.69) is 35.3 Å². The van der Waals surface area contributed by atoms with Crippen molar-refractivity contribution in [3.8, 4) is 17.2 Å². The maximum atomic E-state index is 13.3. The summed E-state index contributed by atoms with van der Waals surface area (Å²) >= 11 is 0. The van der Waals surface area contributed by atoms with E-state index in [9.17, 15) is 8.42 Å². The van der Waals surface area contributed by atoms with E-state index in [0.717, 1.165) is 5.56 Å². The average Bonchev–Trinajstić information content (AvgIpc) is 3.51. The summed E-state index contributed by atoms with van der Waals surface area (Å²) in [7, 11) is 2.19. The number of hydrazone groups is 1. The molecule has 3 atom stereocenters. The summed E-state index contributed by atoms with van der Waals surface area (Å²) in [6.45, 7) is 3.37. The number of methoxy groups -OCH3 is 3. The number of hydrogen-bond acceptors (Lipinski definition) is 12. The number of ether oxygens (including phenoxy) is 3. The molecule has 198 valence electrons. The van der Waals surface area contributed by atoms with Gasteiger partial charge in [0.25, 0.3) is 0 Å². The highest BCUT2D eigenvalue weighted by atomic mass is 32.2. The predicted molar refractivity (Wildman–Crippen MR) is 134 cm³/mol. The fourth-order valence-corrected chi connectivity index (χ4v) is 5.09. The Labute approximate surface area is 214 Å². The lowest BCUT2D eigenvalue weighted by molar-refractivity contribution is 0.0940. The molecule has 1 aliphatic rings. The highest BCUT2D eigenvalue weighted by Gasteiger charge is 2.37. The Kier molecular flexibility index (Phi) is 7.56. The fourth-order valence-electron chi connectivity index (χ4n) is 3.79. The van der Waals surface area contributed by atoms with Gasteiger partial charge in [0, 0.05) is 26.6 Å². The van der Waals surface area contributed by atoms with Gasteiger partial charge >= 0.3 is 0 Å². The van der Waals surface area contributed by atoms with Crippen LogP contribution >= 0.6 is 0 Å². The minimum Gasteiger partial charge on any atom is -0.494 e. The zero-order chi connectivity index (χ0) is 26.7. The van der Waals surface area contributed by atoms with Crippen molar-refractivity contribution < 1.29 is 22.6 Å². The van der Waals surface area contributed by atoms with Crippen molar-refractivity contribution in [3.05, 3.63) is 54.1 Å². The Morgan fingerprint density at radius 1 is 1.11 bits per heavy atom. The van der Waals surface area contributed by atoms with Crippen LogP contribution in [0.3, 0.4) is 0 Å². The first-order chi connectivity index (χ1) is 17.7. The summed E-state index contributed by atoms with van der Waals surface area (Å²) in [6, 6.07) is 5.35. The molecule has 14 nitrogen and oxygen atoms in total. The van der Waals surface area contributed by atoms with Gasteiger partial charge in [-0.05, 0) is 31.5 Å². The number of hydrogen-bond donors (Lipinski definition) is 2. The van der Waals surface area contributed by atoms with Crippen molar-refractivity contribution in [2.24, 2.45) is 5.10 Å². The molecule has 0 saturated heterocycles. The summed E-state index contributed by atoms with van der Waals surface area (Å²) in [5, 5.41) is 16.1. The van der Waals surface area contributed by atoms with Crippen molar-refractivity contribution in [1.82, 2.24) is 39.8 Å². The predicted octanol–water partition coefficient (Wildman–Crippen LogP) is 0.559. The van der Waals surface area contributed by atoms with Crippen LogP contribution in [0.4, 0.5) is 0 Å². The number of aryl methyl sites for hydroxylation is 1. The topological polar surface area (TPSA) is 158 Å². The van der Waals surface area contributed by atoms with E-state index < -0.39 is 27.7 Å². The summed E-state index contributed by atoms with van der Waals surface area (Å²) in [5.41, 5.74) is 1.42. The van der Waals surface area contributed by atoms with Crippen molar-refractivity contribution >= 4 is 15.9 Å². The molecule has 15 heteroatoms. The van der Waals surface area contributed by atoms with Gasteiger partial charge in [0.1, 0.15) is 34.9 Å². The minimum atomic E-state index is -3.94. The van der Waals surface area contributed by atoms with E-state index >= 15 is 0 Å². The highest BCUT2D eigenvalue weighted by molar-refractivity contribution is 7.90. The average molecular weight is 532 g/mol. The van der Waals surface area contributed by atoms with Crippen LogP contribution in [0, 0.1) is 6.92 Å². The Morgan fingerprint density at radius 3 is 2.35 bits per heavy atom. The third-order valence-electron chi connectivity index (χ3n) is 5.81. The Balaban J connectivity index is 1.56. The standard InChI is InChI=1S/C22H29N9O5S/c1-13-10-23-19(24-11-13)18(36-6)14(2)37(32,33)29-22-26-20(28-30(22)3)21-27-25-12-31(21)17-15(34-4)8-7-9-16(17)35-5/h7-12,14,18,22,29H,1-6H3,(H,26,28)/t14-,18-,22?/m0/s1. The zero-order valence-electron chi connectivity index (χ0n) is 21.3. The zero-order valence-corrected chi connectivity index (χ0v) is 22.1. The van der Waals surface area contributed by atoms with E-state index in [1.54, 1.807) is 56.4 Å². The number of rotatable bonds is 10. The molecular formula is C22H29N9O5S. The lowest BCUT2D eigenvalue weighted by Crippen LogP contribution is -2.53. The smallest absolute Gasteiger partial charge is 0.220 e. The molecule has 0 spiro atoms. The van der Waals surface area contributed by atoms with Gasteiger partial charge in [0.15, 0.2) is 17.9 Å². The third kappa shape index (κ3) is 5.19. The summed E-state index contributed by atoms with van der Waals surface area (Å²) in [6.07, 6.45) is 2.93. The number of nitrogens with one attached hydrogen (secondary N) is 2. The molecule has 37 heavy (non-hydrogen) atoms. The van der Waals surface area contributed by atoms with E-state index in [1.807, 2.05) is 6.92 Å². The molecule has 3 aromatic rings. The molecule has 3 heterocycles. The van der Waals surface area contributed by atoms with Gasteiger partial charge < -0.3 is 19.5 Å². The van der Waals surface area contributed by atoms with E-state index in [4.69, 9.17) is 14.2 Å². The SMILES string of the molecule is COc1cccc(OC)c1-n1cnnc1C1=NN(C)C(NS(=O)(=O)[C@@H](C)[C@H](OC)c2ncc(C)cn2)N1. The largest absolute Gasteiger partial charge is 0.494 e. The maximum Gasteiger partial charge on any atom is 0.220 e. The van der Waals surface area contributed by atoms with Gasteiger partial charge in [-0.3, -0.25) is 9.58 Å². The Bertz CT molecular complexity index is 1360. The number of amidine groups is 1. The summed E-state index contributed by atoms with van der Waals surface area (Å²) < 4.78 is 47.3. The fraction of sp³-hybridized carbons (Fsp3) is 0.409. The first kappa shape index (κ1) is 26.2. The maximum absolute atomic E-state index is 13.3. The van der Waals surface area contributed by atoms with Gasteiger partial charge in [-0.1, -0.05) is 6.07 Å². The van der Waals surface area contributed by atoms with Crippen molar-refractivity contribution in [3.63, 3.8) is 0 Å². The quantitative estimate of drug-likeness (QED) is 0.376. The van der Waals surface area contributed by atoms with Gasteiger partial charge in [0.05, 0.1) is 14.2 Å². The Hall–Kier alpha value is -3.82. The number of aromatic nitrogens is 5. The molecule has 0 saturated carbocycles. The molecule has 1 aromatic carbocycles. The number of sulfonamides is 1. The van der Waals surface area contributed by atoms with Crippen LogP contribution in [0.1, 0.15) is 30.2 Å². The van der Waals surface area contributed by atoms with Crippen LogP contribution in [0.15, 0.2) is 42.0 Å². The minimum absolute atomic E-state index is 0.273. The normalized spacial score (nSPS) is 17.2. The molecule has 0 fully saturated rings. The highest BCUT2D eigenvalue weighted by Crippen LogP contribution is 2.33. The van der Waals surface area contributed by atoms with Gasteiger partial charge in [0.2, 0.25) is 15.8 Å².